The molecule has 1 rings (SSSR count). The predicted octanol–water partition coefficient (Wildman–Crippen LogP) is 1.88. The Hall–Kier alpha value is -1.05. The normalized spacial score (nSPS) is 17.8. The lowest BCUT2D eigenvalue weighted by molar-refractivity contribution is -0.113. The molecule has 0 fully saturated rings. The van der Waals surface area contributed by atoms with Crippen molar-refractivity contribution in [1.29, 1.82) is 0 Å². The van der Waals surface area contributed by atoms with Gasteiger partial charge in [0.15, 0.2) is 5.78 Å². The average molecular weight is 258 g/mol. The van der Waals surface area contributed by atoms with E-state index in [0.717, 1.165) is 6.92 Å². The molecule has 4 nitrogen and oxygen atoms in total. The fraction of sp³-hybridized carbons (Fsp3) is 0.625. The summed E-state index contributed by atoms with van der Waals surface area (Å²) in [5.41, 5.74) is -5.45. The summed E-state index contributed by atoms with van der Waals surface area (Å²) >= 11 is 0. The van der Waals surface area contributed by atoms with E-state index < -0.39 is 21.4 Å². The molecular formula is C8H9F3O4S. The van der Waals surface area contributed by atoms with Crippen LogP contribution in [0.2, 0.25) is 0 Å². The van der Waals surface area contributed by atoms with Gasteiger partial charge < -0.3 is 4.18 Å². The minimum Gasteiger partial charge on any atom is -0.380 e. The lowest BCUT2D eigenvalue weighted by atomic mass is 10.2. The van der Waals surface area contributed by atoms with Crippen LogP contribution in [0.3, 0.4) is 0 Å². The van der Waals surface area contributed by atoms with E-state index in [1.807, 2.05) is 0 Å². The minimum absolute atomic E-state index is 0.0211. The molecule has 0 aromatic heterocycles. The van der Waals surface area contributed by atoms with Crippen LogP contribution in [0.25, 0.3) is 0 Å². The Morgan fingerprint density at radius 2 is 1.88 bits per heavy atom. The van der Waals surface area contributed by atoms with Gasteiger partial charge in [0.25, 0.3) is 0 Å². The zero-order valence-corrected chi connectivity index (χ0v) is 9.11. The Bertz CT molecular complexity index is 433. The first kappa shape index (κ1) is 13.0. The lowest BCUT2D eigenvalue weighted by Gasteiger charge is -2.10. The van der Waals surface area contributed by atoms with E-state index >= 15 is 0 Å². The van der Waals surface area contributed by atoms with Crippen LogP contribution in [-0.4, -0.2) is 19.7 Å². The number of carbonyl (C=O) groups is 1. The van der Waals surface area contributed by atoms with Crippen LogP contribution in [0.4, 0.5) is 13.2 Å². The molecule has 0 spiro atoms. The third-order valence-corrected chi connectivity index (χ3v) is 3.07. The van der Waals surface area contributed by atoms with Gasteiger partial charge in [-0.25, -0.2) is 0 Å². The van der Waals surface area contributed by atoms with Crippen LogP contribution in [0.1, 0.15) is 26.2 Å². The van der Waals surface area contributed by atoms with Crippen molar-refractivity contribution < 1.29 is 30.6 Å². The molecule has 1 aliphatic carbocycles. The Balaban J connectivity index is 2.99. The Morgan fingerprint density at radius 1 is 1.31 bits per heavy atom. The summed E-state index contributed by atoms with van der Waals surface area (Å²) in [4.78, 5) is 11.0. The molecule has 16 heavy (non-hydrogen) atoms. The molecule has 0 atom stereocenters. The van der Waals surface area contributed by atoms with Crippen molar-refractivity contribution in [2.75, 3.05) is 0 Å². The van der Waals surface area contributed by atoms with Crippen molar-refractivity contribution >= 4 is 15.9 Å². The van der Waals surface area contributed by atoms with Gasteiger partial charge in [-0.3, -0.25) is 4.79 Å². The van der Waals surface area contributed by atoms with Gasteiger partial charge in [0, 0.05) is 12.0 Å². The second kappa shape index (κ2) is 4.08. The molecule has 8 heteroatoms. The first-order valence-electron chi connectivity index (χ1n) is 4.39. The molecule has 0 N–H and O–H groups in total. The molecule has 0 aliphatic heterocycles. The summed E-state index contributed by atoms with van der Waals surface area (Å²) in [5, 5.41) is 0. The predicted molar refractivity (Wildman–Crippen MR) is 47.6 cm³/mol. The number of hydrogen-bond donors (Lipinski definition) is 0. The van der Waals surface area contributed by atoms with Crippen molar-refractivity contribution in [1.82, 2.24) is 0 Å². The summed E-state index contributed by atoms with van der Waals surface area (Å²) in [7, 11) is -5.66. The fourth-order valence-electron chi connectivity index (χ4n) is 1.36. The van der Waals surface area contributed by atoms with Crippen LogP contribution in [-0.2, 0) is 19.1 Å². The maximum atomic E-state index is 12.0. The molecular weight excluding hydrogens is 249 g/mol. The summed E-state index contributed by atoms with van der Waals surface area (Å²) in [5.74, 6) is -0.852. The van der Waals surface area contributed by atoms with Crippen LogP contribution >= 0.6 is 0 Å². The van der Waals surface area contributed by atoms with Crippen molar-refractivity contribution in [3.63, 3.8) is 0 Å². The Morgan fingerprint density at radius 3 is 2.31 bits per heavy atom. The number of hydrogen-bond acceptors (Lipinski definition) is 4. The maximum absolute atomic E-state index is 12.0. The van der Waals surface area contributed by atoms with Gasteiger partial charge in [-0.2, -0.15) is 21.6 Å². The van der Waals surface area contributed by atoms with E-state index in [0.29, 0.717) is 6.42 Å². The maximum Gasteiger partial charge on any atom is 0.534 e. The number of ketones is 1. The topological polar surface area (TPSA) is 60.4 Å². The lowest BCUT2D eigenvalue weighted by Crippen LogP contribution is -2.25. The van der Waals surface area contributed by atoms with Gasteiger partial charge in [-0.1, -0.05) is 0 Å². The molecule has 0 amide bonds. The van der Waals surface area contributed by atoms with E-state index in [4.69, 9.17) is 0 Å². The average Bonchev–Trinajstić information content (AvgIpc) is 2.49. The van der Waals surface area contributed by atoms with Crippen molar-refractivity contribution in [3.05, 3.63) is 11.3 Å². The van der Waals surface area contributed by atoms with Crippen LogP contribution in [0.15, 0.2) is 11.3 Å². The third kappa shape index (κ3) is 2.55. The zero-order valence-electron chi connectivity index (χ0n) is 8.30. The number of alkyl halides is 3. The second-order valence-electron chi connectivity index (χ2n) is 3.29. The van der Waals surface area contributed by atoms with E-state index in [1.165, 1.54) is 0 Å². The molecule has 0 aromatic rings. The molecule has 0 aromatic carbocycles. The van der Waals surface area contributed by atoms with E-state index in [-0.39, 0.29) is 24.2 Å². The fourth-order valence-corrected chi connectivity index (χ4v) is 1.90. The summed E-state index contributed by atoms with van der Waals surface area (Å²) in [6.45, 7) is 1.16. The number of halogens is 3. The monoisotopic (exact) mass is 258 g/mol. The van der Waals surface area contributed by atoms with E-state index in [9.17, 15) is 26.4 Å². The molecule has 0 heterocycles. The highest BCUT2D eigenvalue weighted by atomic mass is 32.2. The smallest absolute Gasteiger partial charge is 0.380 e. The van der Waals surface area contributed by atoms with Crippen LogP contribution in [0.5, 0.6) is 0 Å². The summed E-state index contributed by atoms with van der Waals surface area (Å²) < 4.78 is 61.3. The molecule has 0 radical (unpaired) electrons. The van der Waals surface area contributed by atoms with Gasteiger partial charge in [0.1, 0.15) is 5.76 Å². The van der Waals surface area contributed by atoms with E-state index in [1.54, 1.807) is 0 Å². The van der Waals surface area contributed by atoms with E-state index in [2.05, 4.69) is 4.18 Å². The van der Waals surface area contributed by atoms with Crippen molar-refractivity contribution in [3.8, 4) is 0 Å². The SMILES string of the molecule is CC(=O)C1=C(OS(=O)(=O)C(F)(F)F)CCC1. The van der Waals surface area contributed by atoms with Crippen LogP contribution < -0.4 is 0 Å². The molecule has 0 bridgehead atoms. The second-order valence-corrected chi connectivity index (χ2v) is 4.83. The number of allylic oxidation sites excluding steroid dienone is 2. The summed E-state index contributed by atoms with van der Waals surface area (Å²) in [6, 6.07) is 0. The third-order valence-electron chi connectivity index (χ3n) is 2.09. The first-order valence-corrected chi connectivity index (χ1v) is 5.79. The standard InChI is InChI=1S/C8H9F3O4S/c1-5(12)6-3-2-4-7(6)15-16(13,14)8(9,10)11/h2-4H2,1H3. The van der Waals surface area contributed by atoms with Gasteiger partial charge in [-0.15, -0.1) is 0 Å². The van der Waals surface area contributed by atoms with Gasteiger partial charge in [0.05, 0.1) is 0 Å². The summed E-state index contributed by atoms with van der Waals surface area (Å²) in [6.07, 6.45) is 0.694. The van der Waals surface area contributed by atoms with Crippen molar-refractivity contribution in [2.24, 2.45) is 0 Å². The highest BCUT2D eigenvalue weighted by Gasteiger charge is 2.49. The molecule has 0 saturated carbocycles. The zero-order chi connectivity index (χ0) is 12.6. The highest BCUT2D eigenvalue weighted by molar-refractivity contribution is 7.87. The Labute approximate surface area is 90.2 Å². The highest BCUT2D eigenvalue weighted by Crippen LogP contribution is 2.33. The first-order chi connectivity index (χ1) is 7.15. The molecule has 1 aliphatic rings. The Kier molecular flexibility index (Phi) is 3.32. The molecule has 0 saturated heterocycles. The van der Waals surface area contributed by atoms with Gasteiger partial charge >= 0.3 is 15.6 Å². The number of carbonyl (C=O) groups excluding carboxylic acids is 1. The largest absolute Gasteiger partial charge is 0.534 e. The number of Topliss-reactive ketones (excluding diaryl/α,β-unsaturated/α-hetero) is 1. The minimum atomic E-state index is -5.66. The van der Waals surface area contributed by atoms with Crippen LogP contribution in [0, 0.1) is 0 Å². The van der Waals surface area contributed by atoms with Gasteiger partial charge in [0.2, 0.25) is 0 Å². The number of rotatable bonds is 3. The molecule has 92 valence electrons. The van der Waals surface area contributed by atoms with Crippen molar-refractivity contribution in [2.45, 2.75) is 31.7 Å². The van der Waals surface area contributed by atoms with Gasteiger partial charge in [-0.05, 0) is 19.8 Å². The molecule has 0 unspecified atom stereocenters. The quantitative estimate of drug-likeness (QED) is 0.572.